The van der Waals surface area contributed by atoms with E-state index in [1.807, 2.05) is 22.8 Å². The second kappa shape index (κ2) is 8.88. The van der Waals surface area contributed by atoms with E-state index in [2.05, 4.69) is 31.0 Å². The summed E-state index contributed by atoms with van der Waals surface area (Å²) in [5.41, 5.74) is 9.23. The molecule has 0 amide bonds. The van der Waals surface area contributed by atoms with Crippen molar-refractivity contribution in [3.05, 3.63) is 59.1 Å². The Bertz CT molecular complexity index is 1070. The highest BCUT2D eigenvalue weighted by atomic mass is 16.5. The average Bonchev–Trinajstić information content (AvgIpc) is 2.80. The Morgan fingerprint density at radius 3 is 2.70 bits per heavy atom. The van der Waals surface area contributed by atoms with E-state index in [1.165, 1.54) is 0 Å². The lowest BCUT2D eigenvalue weighted by Crippen LogP contribution is -3.14. The van der Waals surface area contributed by atoms with Crippen LogP contribution in [-0.2, 0) is 16.1 Å². The molecule has 7 nitrogen and oxygen atoms in total. The molecular weight excluding hydrogens is 416 g/mol. The third kappa shape index (κ3) is 4.39. The Balaban J connectivity index is 1.49. The number of aryl methyl sites for hydroxylation is 1. The van der Waals surface area contributed by atoms with Crippen LogP contribution in [0, 0.1) is 5.41 Å². The molecule has 2 aromatic rings. The van der Waals surface area contributed by atoms with Crippen molar-refractivity contribution < 1.29 is 23.7 Å². The smallest absolute Gasteiger partial charge is 0.305 e. The lowest BCUT2D eigenvalue weighted by molar-refractivity contribution is -0.910. The van der Waals surface area contributed by atoms with Crippen LogP contribution in [-0.4, -0.2) is 43.6 Å². The number of hydrogen-bond donors (Lipinski definition) is 2. The monoisotopic (exact) mass is 450 g/mol. The summed E-state index contributed by atoms with van der Waals surface area (Å²) in [6, 6.07) is 10.1. The third-order valence-corrected chi connectivity index (χ3v) is 7.07. The number of aromatic nitrogens is 2. The van der Waals surface area contributed by atoms with Crippen molar-refractivity contribution in [3.63, 3.8) is 0 Å². The molecule has 3 aliphatic rings. The number of nitrogen functional groups attached to an aromatic ring is 1. The van der Waals surface area contributed by atoms with E-state index in [1.54, 1.807) is 11.2 Å². The van der Waals surface area contributed by atoms with Gasteiger partial charge in [0.25, 0.3) is 0 Å². The molecule has 0 radical (unpaired) electrons. The van der Waals surface area contributed by atoms with Gasteiger partial charge >= 0.3 is 5.88 Å². The Morgan fingerprint density at radius 1 is 1.18 bits per heavy atom. The van der Waals surface area contributed by atoms with Crippen LogP contribution in [0.1, 0.15) is 50.2 Å². The highest BCUT2D eigenvalue weighted by Gasteiger charge is 2.45. The fourth-order valence-corrected chi connectivity index (χ4v) is 5.39. The predicted molar refractivity (Wildman–Crippen MR) is 124 cm³/mol. The van der Waals surface area contributed by atoms with Crippen LogP contribution in [0.25, 0.3) is 0 Å². The number of hydrogen-bond acceptors (Lipinski definition) is 5. The molecule has 1 saturated heterocycles. The molecule has 1 aliphatic carbocycles. The third-order valence-electron chi connectivity index (χ3n) is 7.07. The van der Waals surface area contributed by atoms with E-state index >= 15 is 0 Å². The van der Waals surface area contributed by atoms with Crippen molar-refractivity contribution >= 4 is 11.6 Å². The van der Waals surface area contributed by atoms with Crippen LogP contribution >= 0.6 is 0 Å². The average molecular weight is 451 g/mol. The summed E-state index contributed by atoms with van der Waals surface area (Å²) < 4.78 is 13.7. The Morgan fingerprint density at radius 2 is 1.94 bits per heavy atom. The number of carbonyl (C=O) groups is 1. The quantitative estimate of drug-likeness (QED) is 0.674. The Labute approximate surface area is 195 Å². The molecule has 5 rings (SSSR count). The second-order valence-electron chi connectivity index (χ2n) is 10.2. The number of rotatable bonds is 5. The zero-order valence-electron chi connectivity index (χ0n) is 19.6. The molecule has 33 heavy (non-hydrogen) atoms. The molecule has 174 valence electrons. The van der Waals surface area contributed by atoms with Crippen LogP contribution in [0.3, 0.4) is 0 Å². The number of carbonyl (C=O) groups excluding carboxylic acids is 1. The minimum Gasteiger partial charge on any atom is -0.430 e. The van der Waals surface area contributed by atoms with Crippen molar-refractivity contribution in [2.24, 2.45) is 5.41 Å². The summed E-state index contributed by atoms with van der Waals surface area (Å²) in [6.45, 7) is 9.88. The van der Waals surface area contributed by atoms with E-state index in [0.29, 0.717) is 18.1 Å². The molecule has 1 aromatic carbocycles. The molecular formula is C26H34N4O3+2. The SMILES string of the molecule is CC1(C)CC(=O)C2=C(C1)Oc1nc[n+](CCC[NH+]3CCOCC3)c(N)c1[C@@H]2c1ccccc1. The number of allylic oxidation sites excluding steroid dienone is 2. The first-order valence-corrected chi connectivity index (χ1v) is 12.0. The lowest BCUT2D eigenvalue weighted by Gasteiger charge is -2.37. The number of nitrogens with zero attached hydrogens (tertiary/aromatic N) is 2. The summed E-state index contributed by atoms with van der Waals surface area (Å²) >= 11 is 0. The first-order chi connectivity index (χ1) is 15.9. The summed E-state index contributed by atoms with van der Waals surface area (Å²) in [4.78, 5) is 19.6. The number of nitrogens with two attached hydrogens (primary N) is 1. The maximum atomic E-state index is 13.4. The molecule has 0 saturated carbocycles. The van der Waals surface area contributed by atoms with Gasteiger partial charge in [-0.2, -0.15) is 0 Å². The van der Waals surface area contributed by atoms with Gasteiger partial charge in [-0.25, -0.2) is 4.57 Å². The van der Waals surface area contributed by atoms with Crippen molar-refractivity contribution in [2.75, 3.05) is 38.6 Å². The maximum absolute atomic E-state index is 13.4. The van der Waals surface area contributed by atoms with Crippen LogP contribution < -0.4 is 19.9 Å². The molecule has 1 fully saturated rings. The van der Waals surface area contributed by atoms with E-state index in [0.717, 1.165) is 74.7 Å². The van der Waals surface area contributed by atoms with Crippen LogP contribution in [0.5, 0.6) is 5.88 Å². The van der Waals surface area contributed by atoms with Gasteiger partial charge in [-0.15, -0.1) is 0 Å². The summed E-state index contributed by atoms with van der Waals surface area (Å²) in [6.07, 6.45) is 4.01. The fraction of sp³-hybridized carbons (Fsp3) is 0.500. The highest BCUT2D eigenvalue weighted by molar-refractivity contribution is 6.00. The lowest BCUT2D eigenvalue weighted by atomic mass is 9.70. The number of fused-ring (bicyclic) bond motifs is 1. The Kier molecular flexibility index (Phi) is 5.93. The van der Waals surface area contributed by atoms with Gasteiger partial charge in [-0.05, 0) is 11.0 Å². The number of anilines is 1. The van der Waals surface area contributed by atoms with E-state index < -0.39 is 0 Å². The van der Waals surface area contributed by atoms with Gasteiger partial charge in [-0.1, -0.05) is 49.2 Å². The highest BCUT2D eigenvalue weighted by Crippen LogP contribution is 2.50. The minimum atomic E-state index is -0.252. The molecule has 7 heteroatoms. The van der Waals surface area contributed by atoms with E-state index in [-0.39, 0.29) is 17.1 Å². The van der Waals surface area contributed by atoms with Crippen molar-refractivity contribution in [3.8, 4) is 5.88 Å². The fourth-order valence-electron chi connectivity index (χ4n) is 5.39. The number of Topliss-reactive ketones (excluding diaryl/α,β-unsaturated/α-hetero) is 1. The van der Waals surface area contributed by atoms with Crippen molar-refractivity contribution in [1.82, 2.24) is 4.98 Å². The van der Waals surface area contributed by atoms with Gasteiger partial charge in [-0.3, -0.25) is 4.79 Å². The predicted octanol–water partition coefficient (Wildman–Crippen LogP) is 1.42. The topological polar surface area (TPSA) is 82.8 Å². The number of benzene rings is 1. The Hall–Kier alpha value is -2.77. The van der Waals surface area contributed by atoms with Gasteiger partial charge in [0, 0.05) is 24.8 Å². The van der Waals surface area contributed by atoms with Gasteiger partial charge in [0.15, 0.2) is 5.78 Å². The molecule has 1 atom stereocenters. The first-order valence-electron chi connectivity index (χ1n) is 12.0. The maximum Gasteiger partial charge on any atom is 0.305 e. The molecule has 3 heterocycles. The molecule has 1 aromatic heterocycles. The zero-order chi connectivity index (χ0) is 23.0. The van der Waals surface area contributed by atoms with Gasteiger partial charge in [0.2, 0.25) is 12.1 Å². The van der Waals surface area contributed by atoms with Gasteiger partial charge in [0.05, 0.1) is 32.2 Å². The van der Waals surface area contributed by atoms with Crippen molar-refractivity contribution in [1.29, 1.82) is 0 Å². The van der Waals surface area contributed by atoms with Gasteiger partial charge < -0.3 is 20.1 Å². The summed E-state index contributed by atoms with van der Waals surface area (Å²) in [7, 11) is 0. The van der Waals surface area contributed by atoms with E-state index in [4.69, 9.17) is 15.2 Å². The molecule has 0 unspecified atom stereocenters. The molecule has 0 bridgehead atoms. The number of quaternary nitrogens is 1. The number of ether oxygens (including phenoxy) is 2. The molecule has 3 N–H and O–H groups in total. The van der Waals surface area contributed by atoms with Crippen molar-refractivity contribution in [2.45, 2.75) is 45.6 Å². The summed E-state index contributed by atoms with van der Waals surface area (Å²) in [5.74, 6) is 1.80. The zero-order valence-corrected chi connectivity index (χ0v) is 19.6. The largest absolute Gasteiger partial charge is 0.430 e. The molecule has 0 spiro atoms. The number of nitrogens with one attached hydrogen (secondary N) is 1. The van der Waals surface area contributed by atoms with Crippen LogP contribution in [0.4, 0.5) is 5.82 Å². The van der Waals surface area contributed by atoms with Crippen LogP contribution in [0.2, 0.25) is 0 Å². The van der Waals surface area contributed by atoms with E-state index in [9.17, 15) is 4.79 Å². The standard InChI is InChI=1S/C26H32N4O3/c1-26(2)15-19(31)22-20(16-26)33-25-23(21(22)18-7-4-3-5-8-18)24(27)30(17-28-25)10-6-9-29-11-13-32-14-12-29/h3-5,7-8,17,21,27H,6,9-16H2,1-2H3/p+2/t21-/m1/s1. The minimum absolute atomic E-state index is 0.128. The number of morpholine rings is 1. The normalized spacial score (nSPS) is 22.5. The first kappa shape index (κ1) is 22.0. The van der Waals surface area contributed by atoms with Gasteiger partial charge in [0.1, 0.15) is 24.4 Å². The van der Waals surface area contributed by atoms with Crippen LogP contribution in [0.15, 0.2) is 48.0 Å². The molecule has 2 aliphatic heterocycles. The number of ketones is 1. The summed E-state index contributed by atoms with van der Waals surface area (Å²) in [5, 5.41) is 0. The second-order valence-corrected chi connectivity index (χ2v) is 10.2.